The van der Waals surface area contributed by atoms with Crippen molar-refractivity contribution in [3.05, 3.63) is 71.9 Å². The Morgan fingerprint density at radius 3 is 2.64 bits per heavy atom. The Labute approximate surface area is 164 Å². The maximum absolute atomic E-state index is 12.6. The van der Waals surface area contributed by atoms with E-state index < -0.39 is 0 Å². The summed E-state index contributed by atoms with van der Waals surface area (Å²) in [5.74, 6) is 1.35. The van der Waals surface area contributed by atoms with Gasteiger partial charge in [0.15, 0.2) is 0 Å². The first-order chi connectivity index (χ1) is 13.6. The number of carbonyl (C=O) groups is 2. The molecule has 1 aliphatic heterocycles. The van der Waals surface area contributed by atoms with Gasteiger partial charge in [0.2, 0.25) is 11.8 Å². The van der Waals surface area contributed by atoms with Crippen molar-refractivity contribution >= 4 is 29.3 Å². The number of amides is 2. The van der Waals surface area contributed by atoms with Crippen LogP contribution in [0.2, 0.25) is 0 Å². The molecule has 0 saturated carbocycles. The molecule has 1 unspecified atom stereocenters. The molecule has 142 valence electrons. The van der Waals surface area contributed by atoms with Crippen LogP contribution in [0.25, 0.3) is 11.6 Å². The van der Waals surface area contributed by atoms with Gasteiger partial charge in [-0.25, -0.2) is 4.98 Å². The van der Waals surface area contributed by atoms with Gasteiger partial charge in [-0.1, -0.05) is 36.4 Å². The molecule has 1 fully saturated rings. The number of allylic oxidation sites excluding steroid dienone is 1. The van der Waals surface area contributed by atoms with Gasteiger partial charge in [0.1, 0.15) is 5.82 Å². The van der Waals surface area contributed by atoms with Crippen molar-refractivity contribution in [3.63, 3.8) is 0 Å². The number of aromatic nitrogens is 1. The Kier molecular flexibility index (Phi) is 5.06. The molecule has 5 heteroatoms. The molecule has 2 amide bonds. The second-order valence-electron chi connectivity index (χ2n) is 7.42. The lowest BCUT2D eigenvalue weighted by Crippen LogP contribution is -2.27. The second kappa shape index (κ2) is 7.80. The van der Waals surface area contributed by atoms with Crippen LogP contribution < -0.4 is 5.32 Å². The third kappa shape index (κ3) is 4.03. The molecule has 2 aromatic rings. The minimum atomic E-state index is -0.157. The number of nitrogens with one attached hydrogen (secondary N) is 1. The fourth-order valence-electron chi connectivity index (χ4n) is 3.99. The summed E-state index contributed by atoms with van der Waals surface area (Å²) >= 11 is 0. The number of carbonyl (C=O) groups excluding carboxylic acids is 2. The number of fused-ring (bicyclic) bond motifs is 1. The highest BCUT2D eigenvalue weighted by atomic mass is 16.2. The third-order valence-corrected chi connectivity index (χ3v) is 5.35. The molecule has 1 aliphatic carbocycles. The zero-order valence-corrected chi connectivity index (χ0v) is 15.8. The summed E-state index contributed by atoms with van der Waals surface area (Å²) in [5, 5.41) is 2.62. The van der Waals surface area contributed by atoms with E-state index in [9.17, 15) is 9.59 Å². The lowest BCUT2D eigenvalue weighted by molar-refractivity contribution is -0.125. The maximum atomic E-state index is 12.6. The van der Waals surface area contributed by atoms with Gasteiger partial charge < -0.3 is 10.2 Å². The highest BCUT2D eigenvalue weighted by molar-refractivity contribution is 5.92. The number of pyridine rings is 1. The molecule has 2 atom stereocenters. The first-order valence-corrected chi connectivity index (χ1v) is 9.55. The van der Waals surface area contributed by atoms with E-state index in [-0.39, 0.29) is 11.8 Å². The number of anilines is 1. The van der Waals surface area contributed by atoms with E-state index in [1.807, 2.05) is 17.0 Å². The lowest BCUT2D eigenvalue weighted by atomic mass is 9.98. The second-order valence-corrected chi connectivity index (χ2v) is 7.42. The summed E-state index contributed by atoms with van der Waals surface area (Å²) in [7, 11) is 0. The van der Waals surface area contributed by atoms with Gasteiger partial charge >= 0.3 is 0 Å². The predicted octanol–water partition coefficient (Wildman–Crippen LogP) is 3.62. The van der Waals surface area contributed by atoms with E-state index in [1.54, 1.807) is 24.4 Å². The Morgan fingerprint density at radius 1 is 1.14 bits per heavy atom. The van der Waals surface area contributed by atoms with Gasteiger partial charge in [0, 0.05) is 32.3 Å². The summed E-state index contributed by atoms with van der Waals surface area (Å²) in [6, 6.07) is 14.0. The molecule has 5 nitrogen and oxygen atoms in total. The van der Waals surface area contributed by atoms with E-state index in [0.717, 1.165) is 25.1 Å². The Balaban J connectivity index is 1.35. The van der Waals surface area contributed by atoms with Crippen LogP contribution in [0.4, 0.5) is 5.82 Å². The molecule has 0 radical (unpaired) electrons. The van der Waals surface area contributed by atoms with Crippen LogP contribution in [0.3, 0.4) is 0 Å². The van der Waals surface area contributed by atoms with Gasteiger partial charge in [0.25, 0.3) is 0 Å². The predicted molar refractivity (Wildman–Crippen MR) is 110 cm³/mol. The summed E-state index contributed by atoms with van der Waals surface area (Å²) < 4.78 is 0. The highest BCUT2D eigenvalue weighted by Crippen LogP contribution is 2.40. The molecule has 2 heterocycles. The summed E-state index contributed by atoms with van der Waals surface area (Å²) in [4.78, 5) is 29.7. The lowest BCUT2D eigenvalue weighted by Gasteiger charge is -2.15. The largest absolute Gasteiger partial charge is 0.338 e. The van der Waals surface area contributed by atoms with Crippen molar-refractivity contribution in [3.8, 4) is 0 Å². The molecule has 0 spiro atoms. The van der Waals surface area contributed by atoms with Crippen molar-refractivity contribution in [2.75, 3.05) is 18.4 Å². The molecule has 1 aromatic carbocycles. The maximum Gasteiger partial charge on any atom is 0.246 e. The molecular formula is C23H23N3O2. The van der Waals surface area contributed by atoms with Gasteiger partial charge in [-0.3, -0.25) is 9.59 Å². The summed E-state index contributed by atoms with van der Waals surface area (Å²) in [6.07, 6.45) is 8.41. The summed E-state index contributed by atoms with van der Waals surface area (Å²) in [6.45, 7) is 3.03. The Bertz CT molecular complexity index is 932. The van der Waals surface area contributed by atoms with Crippen LogP contribution >= 0.6 is 0 Å². The van der Waals surface area contributed by atoms with E-state index in [4.69, 9.17) is 0 Å². The van der Waals surface area contributed by atoms with Gasteiger partial charge in [-0.15, -0.1) is 0 Å². The van der Waals surface area contributed by atoms with Crippen molar-refractivity contribution in [1.29, 1.82) is 0 Å². The molecule has 2 aliphatic rings. The fraction of sp³-hybridized carbons (Fsp3) is 0.261. The van der Waals surface area contributed by atoms with Crippen LogP contribution in [0.15, 0.2) is 60.8 Å². The van der Waals surface area contributed by atoms with Crippen LogP contribution in [0.1, 0.15) is 24.5 Å². The SMILES string of the molecule is CC(=O)Nc1ccc(/C=C/C(=O)N2CC3C=C(c4ccccc4)C[C@@H]3C2)cn1. The van der Waals surface area contributed by atoms with E-state index in [2.05, 4.69) is 40.6 Å². The number of benzene rings is 1. The molecular weight excluding hydrogens is 350 g/mol. The average molecular weight is 373 g/mol. The number of likely N-dealkylation sites (tertiary alicyclic amines) is 1. The van der Waals surface area contributed by atoms with Gasteiger partial charge in [0.05, 0.1) is 0 Å². The average Bonchev–Trinajstić information content (AvgIpc) is 3.27. The van der Waals surface area contributed by atoms with Crippen LogP contribution in [-0.2, 0) is 9.59 Å². The molecule has 4 rings (SSSR count). The van der Waals surface area contributed by atoms with Crippen LogP contribution in [-0.4, -0.2) is 34.8 Å². The van der Waals surface area contributed by atoms with E-state index >= 15 is 0 Å². The normalized spacial score (nSPS) is 20.9. The zero-order chi connectivity index (χ0) is 19.5. The van der Waals surface area contributed by atoms with E-state index in [1.165, 1.54) is 18.1 Å². The third-order valence-electron chi connectivity index (χ3n) is 5.35. The van der Waals surface area contributed by atoms with Crippen LogP contribution in [0, 0.1) is 11.8 Å². The zero-order valence-electron chi connectivity index (χ0n) is 15.8. The van der Waals surface area contributed by atoms with Gasteiger partial charge in [-0.05, 0) is 53.2 Å². The number of hydrogen-bond acceptors (Lipinski definition) is 3. The van der Waals surface area contributed by atoms with Crippen molar-refractivity contribution < 1.29 is 9.59 Å². The van der Waals surface area contributed by atoms with Crippen molar-refractivity contribution in [2.24, 2.45) is 11.8 Å². The Hall–Kier alpha value is -3.21. The minimum Gasteiger partial charge on any atom is -0.338 e. The number of rotatable bonds is 4. The topological polar surface area (TPSA) is 62.3 Å². The first-order valence-electron chi connectivity index (χ1n) is 9.55. The smallest absolute Gasteiger partial charge is 0.246 e. The number of hydrogen-bond donors (Lipinski definition) is 1. The molecule has 28 heavy (non-hydrogen) atoms. The minimum absolute atomic E-state index is 0.0370. The molecule has 0 bridgehead atoms. The quantitative estimate of drug-likeness (QED) is 0.833. The standard InChI is InChI=1S/C23H23N3O2/c1-16(27)25-22-9-7-17(13-24-22)8-10-23(28)26-14-20-11-19(12-21(20)15-26)18-5-3-2-4-6-18/h2-11,13,20-21H,12,14-15H2,1H3,(H,24,25,27)/b10-8+/t20?,21-/m1/s1. The Morgan fingerprint density at radius 2 is 1.96 bits per heavy atom. The molecule has 1 aromatic heterocycles. The monoisotopic (exact) mass is 373 g/mol. The van der Waals surface area contributed by atoms with Crippen molar-refractivity contribution in [1.82, 2.24) is 9.88 Å². The molecule has 1 saturated heterocycles. The van der Waals surface area contributed by atoms with Crippen molar-refractivity contribution in [2.45, 2.75) is 13.3 Å². The molecule has 1 N–H and O–H groups in total. The van der Waals surface area contributed by atoms with Crippen LogP contribution in [0.5, 0.6) is 0 Å². The highest BCUT2D eigenvalue weighted by Gasteiger charge is 2.37. The summed E-state index contributed by atoms with van der Waals surface area (Å²) in [5.41, 5.74) is 3.53. The van der Waals surface area contributed by atoms with Gasteiger partial charge in [-0.2, -0.15) is 0 Å². The number of nitrogens with zero attached hydrogens (tertiary/aromatic N) is 2. The fourth-order valence-corrected chi connectivity index (χ4v) is 3.99. The first kappa shape index (κ1) is 18.2. The van der Waals surface area contributed by atoms with E-state index in [0.29, 0.717) is 17.7 Å².